The molecule has 118 valence electrons. The lowest BCUT2D eigenvalue weighted by Crippen LogP contribution is -2.28. The van der Waals surface area contributed by atoms with Crippen LogP contribution in [0, 0.1) is 5.92 Å². The van der Waals surface area contributed by atoms with Gasteiger partial charge in [-0.05, 0) is 25.2 Å². The molecule has 5 nitrogen and oxygen atoms in total. The molecule has 0 aromatic carbocycles. The molecular weight excluding hydrogens is 286 g/mol. The van der Waals surface area contributed by atoms with Crippen molar-refractivity contribution in [2.75, 3.05) is 19.0 Å². The highest BCUT2D eigenvalue weighted by molar-refractivity contribution is 7.15. The normalized spacial score (nSPS) is 19.1. The van der Waals surface area contributed by atoms with Gasteiger partial charge in [-0.25, -0.2) is 4.98 Å². The average molecular weight is 311 g/mol. The smallest absolute Gasteiger partial charge is 0.228 e. The lowest BCUT2D eigenvalue weighted by molar-refractivity contribution is -0.118. The highest BCUT2D eigenvalue weighted by atomic mass is 32.1. The summed E-state index contributed by atoms with van der Waals surface area (Å²) in [4.78, 5) is 17.8. The van der Waals surface area contributed by atoms with E-state index < -0.39 is 0 Å². The van der Waals surface area contributed by atoms with Crippen molar-refractivity contribution in [1.82, 2.24) is 4.98 Å². The zero-order valence-corrected chi connectivity index (χ0v) is 13.7. The van der Waals surface area contributed by atoms with E-state index >= 15 is 0 Å². The summed E-state index contributed by atoms with van der Waals surface area (Å²) in [6.07, 6.45) is 5.93. The van der Waals surface area contributed by atoms with E-state index in [9.17, 15) is 4.79 Å². The van der Waals surface area contributed by atoms with Crippen molar-refractivity contribution >= 4 is 22.4 Å². The largest absolute Gasteiger partial charge is 0.380 e. The summed E-state index contributed by atoms with van der Waals surface area (Å²) in [7, 11) is 1.57. The number of anilines is 1. The lowest BCUT2D eigenvalue weighted by atomic mass is 9.88. The summed E-state index contributed by atoms with van der Waals surface area (Å²) >= 11 is 1.62. The van der Waals surface area contributed by atoms with E-state index in [1.165, 1.54) is 29.8 Å². The number of hydrogen-bond acceptors (Lipinski definition) is 5. The van der Waals surface area contributed by atoms with Crippen molar-refractivity contribution < 1.29 is 9.53 Å². The molecule has 6 heteroatoms. The molecule has 21 heavy (non-hydrogen) atoms. The SMILES string of the molecule is CCCC1CCc2nc(NC(=O)CC(CN)OC)sc2C1. The zero-order valence-electron chi connectivity index (χ0n) is 12.9. The molecule has 3 N–H and O–H groups in total. The minimum Gasteiger partial charge on any atom is -0.380 e. The highest BCUT2D eigenvalue weighted by Crippen LogP contribution is 2.34. The predicted molar refractivity (Wildman–Crippen MR) is 85.6 cm³/mol. The van der Waals surface area contributed by atoms with Crippen LogP contribution in [0.2, 0.25) is 0 Å². The number of aryl methyl sites for hydroxylation is 1. The standard InChI is InChI=1S/C15H25N3O2S/c1-3-4-10-5-6-12-13(7-10)21-15(17-12)18-14(19)8-11(9-16)20-2/h10-11H,3-9,16H2,1-2H3,(H,17,18,19). The monoisotopic (exact) mass is 311 g/mol. The number of methoxy groups -OCH3 is 1. The molecule has 0 spiro atoms. The quantitative estimate of drug-likeness (QED) is 0.810. The molecular formula is C15H25N3O2S. The molecule has 1 aromatic heterocycles. The van der Waals surface area contributed by atoms with Crippen molar-refractivity contribution in [3.8, 4) is 0 Å². The van der Waals surface area contributed by atoms with Gasteiger partial charge in [0.25, 0.3) is 0 Å². The van der Waals surface area contributed by atoms with Gasteiger partial charge in [-0.2, -0.15) is 0 Å². The molecule has 0 radical (unpaired) electrons. The van der Waals surface area contributed by atoms with Gasteiger partial charge in [-0.15, -0.1) is 11.3 Å². The molecule has 1 aromatic rings. The first-order chi connectivity index (χ1) is 10.2. The third kappa shape index (κ3) is 4.49. The Morgan fingerprint density at radius 2 is 2.43 bits per heavy atom. The maximum absolute atomic E-state index is 11.9. The minimum absolute atomic E-state index is 0.0801. The number of amides is 1. The van der Waals surface area contributed by atoms with Crippen molar-refractivity contribution in [3.05, 3.63) is 10.6 Å². The summed E-state index contributed by atoms with van der Waals surface area (Å²) in [6.45, 7) is 2.58. The number of rotatable bonds is 7. The van der Waals surface area contributed by atoms with Crippen LogP contribution in [0.4, 0.5) is 5.13 Å². The zero-order chi connectivity index (χ0) is 15.2. The second-order valence-corrected chi connectivity index (χ2v) is 6.72. The summed E-state index contributed by atoms with van der Waals surface area (Å²) < 4.78 is 5.13. The van der Waals surface area contributed by atoms with Crippen LogP contribution < -0.4 is 11.1 Å². The molecule has 0 fully saturated rings. The van der Waals surface area contributed by atoms with Gasteiger partial charge in [-0.1, -0.05) is 19.8 Å². The Kier molecular flexibility index (Phi) is 6.14. The van der Waals surface area contributed by atoms with Crippen LogP contribution in [-0.2, 0) is 22.4 Å². The number of nitrogens with one attached hydrogen (secondary N) is 1. The number of aromatic nitrogens is 1. The second-order valence-electron chi connectivity index (χ2n) is 5.63. The van der Waals surface area contributed by atoms with E-state index in [0.29, 0.717) is 11.7 Å². The highest BCUT2D eigenvalue weighted by Gasteiger charge is 2.22. The van der Waals surface area contributed by atoms with E-state index in [0.717, 1.165) is 18.8 Å². The van der Waals surface area contributed by atoms with Crippen LogP contribution in [0.15, 0.2) is 0 Å². The minimum atomic E-state index is -0.228. The number of carbonyl (C=O) groups is 1. The summed E-state index contributed by atoms with van der Waals surface area (Å²) in [6, 6.07) is 0. The maximum Gasteiger partial charge on any atom is 0.228 e. The van der Waals surface area contributed by atoms with Gasteiger partial charge >= 0.3 is 0 Å². The van der Waals surface area contributed by atoms with Gasteiger partial charge in [0.2, 0.25) is 5.91 Å². The molecule has 1 aliphatic carbocycles. The van der Waals surface area contributed by atoms with Gasteiger partial charge < -0.3 is 15.8 Å². The average Bonchev–Trinajstić information content (AvgIpc) is 2.86. The Bertz CT molecular complexity index is 471. The molecule has 0 bridgehead atoms. The third-order valence-corrected chi connectivity index (χ3v) is 5.03. The summed E-state index contributed by atoms with van der Waals surface area (Å²) in [5.74, 6) is 0.699. The fourth-order valence-electron chi connectivity index (χ4n) is 2.79. The van der Waals surface area contributed by atoms with Gasteiger partial charge in [0.05, 0.1) is 18.2 Å². The predicted octanol–water partition coefficient (Wildman–Crippen LogP) is 2.35. The Labute approximate surface area is 130 Å². The van der Waals surface area contributed by atoms with Crippen molar-refractivity contribution in [2.24, 2.45) is 11.7 Å². The van der Waals surface area contributed by atoms with E-state index in [-0.39, 0.29) is 18.4 Å². The Morgan fingerprint density at radius 1 is 1.62 bits per heavy atom. The van der Waals surface area contributed by atoms with E-state index in [2.05, 4.69) is 17.2 Å². The fraction of sp³-hybridized carbons (Fsp3) is 0.733. The molecule has 1 amide bonds. The number of nitrogens with zero attached hydrogens (tertiary/aromatic N) is 1. The lowest BCUT2D eigenvalue weighted by Gasteiger charge is -2.19. The van der Waals surface area contributed by atoms with Gasteiger partial charge in [0.15, 0.2) is 5.13 Å². The van der Waals surface area contributed by atoms with Gasteiger partial charge in [-0.3, -0.25) is 4.79 Å². The molecule has 2 atom stereocenters. The molecule has 1 heterocycles. The van der Waals surface area contributed by atoms with E-state index in [4.69, 9.17) is 10.5 Å². The Morgan fingerprint density at radius 3 is 3.10 bits per heavy atom. The van der Waals surface area contributed by atoms with Crippen LogP contribution in [-0.4, -0.2) is 30.6 Å². The Balaban J connectivity index is 1.92. The third-order valence-electron chi connectivity index (χ3n) is 3.99. The van der Waals surface area contributed by atoms with Crippen LogP contribution in [0.25, 0.3) is 0 Å². The summed E-state index contributed by atoms with van der Waals surface area (Å²) in [5, 5.41) is 3.59. The number of ether oxygens (including phenoxy) is 1. The topological polar surface area (TPSA) is 77.2 Å². The molecule has 0 saturated heterocycles. The molecule has 0 saturated carbocycles. The van der Waals surface area contributed by atoms with Crippen LogP contribution >= 0.6 is 11.3 Å². The molecule has 1 aliphatic rings. The first-order valence-corrected chi connectivity index (χ1v) is 8.49. The first-order valence-electron chi connectivity index (χ1n) is 7.67. The van der Waals surface area contributed by atoms with Crippen molar-refractivity contribution in [2.45, 2.75) is 51.6 Å². The molecule has 0 aliphatic heterocycles. The molecule has 2 rings (SSSR count). The number of carbonyl (C=O) groups excluding carboxylic acids is 1. The van der Waals surface area contributed by atoms with E-state index in [1.807, 2.05) is 0 Å². The van der Waals surface area contributed by atoms with E-state index in [1.54, 1.807) is 18.4 Å². The number of fused-ring (bicyclic) bond motifs is 1. The summed E-state index contributed by atoms with van der Waals surface area (Å²) in [5.41, 5.74) is 6.70. The van der Waals surface area contributed by atoms with Crippen molar-refractivity contribution in [3.63, 3.8) is 0 Å². The maximum atomic E-state index is 11.9. The van der Waals surface area contributed by atoms with Crippen LogP contribution in [0.5, 0.6) is 0 Å². The van der Waals surface area contributed by atoms with Crippen LogP contribution in [0.1, 0.15) is 43.2 Å². The fourth-order valence-corrected chi connectivity index (χ4v) is 3.93. The van der Waals surface area contributed by atoms with Gasteiger partial charge in [0, 0.05) is 18.5 Å². The Hall–Kier alpha value is -0.980. The van der Waals surface area contributed by atoms with Crippen molar-refractivity contribution in [1.29, 1.82) is 0 Å². The van der Waals surface area contributed by atoms with Crippen LogP contribution in [0.3, 0.4) is 0 Å². The molecule has 2 unspecified atom stereocenters. The number of thiazole rings is 1. The van der Waals surface area contributed by atoms with Gasteiger partial charge in [0.1, 0.15) is 0 Å². The second kappa shape index (κ2) is 7.87. The number of hydrogen-bond donors (Lipinski definition) is 2. The number of nitrogens with two attached hydrogens (primary N) is 1. The first kappa shape index (κ1) is 16.4.